The van der Waals surface area contributed by atoms with Crippen LogP contribution in [0.5, 0.6) is 0 Å². The zero-order valence-corrected chi connectivity index (χ0v) is 12.6. The van der Waals surface area contributed by atoms with E-state index >= 15 is 0 Å². The van der Waals surface area contributed by atoms with Crippen molar-refractivity contribution in [3.05, 3.63) is 0 Å². The molecule has 1 atom stereocenters. The van der Waals surface area contributed by atoms with E-state index in [1.807, 2.05) is 0 Å². The highest BCUT2D eigenvalue weighted by atomic mass is 15.4. The van der Waals surface area contributed by atoms with Crippen molar-refractivity contribution < 1.29 is 0 Å². The number of nitrogens with zero attached hydrogens (tertiary/aromatic N) is 3. The predicted octanol–water partition coefficient (Wildman–Crippen LogP) is 1.91. The van der Waals surface area contributed by atoms with Crippen molar-refractivity contribution >= 4 is 5.96 Å². The van der Waals surface area contributed by atoms with Crippen molar-refractivity contribution in [1.82, 2.24) is 9.80 Å². The monoisotopic (exact) mass is 254 g/mol. The van der Waals surface area contributed by atoms with Crippen LogP contribution in [0.2, 0.25) is 0 Å². The van der Waals surface area contributed by atoms with Gasteiger partial charge in [0.2, 0.25) is 0 Å². The fraction of sp³-hybridized carbons (Fsp3) is 0.929. The maximum Gasteiger partial charge on any atom is 0.191 e. The molecule has 1 rings (SSSR count). The van der Waals surface area contributed by atoms with Gasteiger partial charge in [0.15, 0.2) is 5.96 Å². The van der Waals surface area contributed by atoms with Gasteiger partial charge >= 0.3 is 0 Å². The van der Waals surface area contributed by atoms with Crippen LogP contribution in [0.15, 0.2) is 4.99 Å². The van der Waals surface area contributed by atoms with Crippen molar-refractivity contribution in [3.63, 3.8) is 0 Å². The van der Waals surface area contributed by atoms with Crippen molar-refractivity contribution in [2.24, 2.45) is 10.7 Å². The predicted molar refractivity (Wildman–Crippen MR) is 78.9 cm³/mol. The van der Waals surface area contributed by atoms with Crippen LogP contribution in [-0.4, -0.2) is 55.0 Å². The third kappa shape index (κ3) is 4.16. The van der Waals surface area contributed by atoms with Gasteiger partial charge < -0.3 is 15.5 Å². The summed E-state index contributed by atoms with van der Waals surface area (Å²) >= 11 is 0. The standard InChI is InChI=1S/C14H30N4/c1-5-6-7-8-9-14(2)12-16-13(15)18(14)11-10-17(3)4/h5-12H2,1-4H3,(H2,15,16). The lowest BCUT2D eigenvalue weighted by Gasteiger charge is -2.37. The highest BCUT2D eigenvalue weighted by Gasteiger charge is 2.36. The second-order valence-corrected chi connectivity index (χ2v) is 5.94. The highest BCUT2D eigenvalue weighted by molar-refractivity contribution is 5.80. The molecule has 0 spiro atoms. The van der Waals surface area contributed by atoms with E-state index < -0.39 is 0 Å². The second kappa shape index (κ2) is 6.98. The maximum absolute atomic E-state index is 6.03. The molecule has 4 heteroatoms. The number of likely N-dealkylation sites (N-methyl/N-ethyl adjacent to an activating group) is 1. The molecule has 4 nitrogen and oxygen atoms in total. The van der Waals surface area contributed by atoms with Gasteiger partial charge in [-0.15, -0.1) is 0 Å². The Labute approximate surface area is 112 Å². The first-order chi connectivity index (χ1) is 8.49. The average Bonchev–Trinajstić information content (AvgIpc) is 2.59. The number of guanidine groups is 1. The van der Waals surface area contributed by atoms with Crippen LogP contribution in [0.3, 0.4) is 0 Å². The van der Waals surface area contributed by atoms with E-state index in [4.69, 9.17) is 5.73 Å². The number of nitrogens with two attached hydrogens (primary N) is 1. The smallest absolute Gasteiger partial charge is 0.191 e. The zero-order chi connectivity index (χ0) is 13.6. The first-order valence-electron chi connectivity index (χ1n) is 7.22. The van der Waals surface area contributed by atoms with Gasteiger partial charge in [-0.25, -0.2) is 0 Å². The fourth-order valence-electron chi connectivity index (χ4n) is 2.53. The Bertz CT molecular complexity index is 275. The van der Waals surface area contributed by atoms with Gasteiger partial charge in [0.05, 0.1) is 12.1 Å². The van der Waals surface area contributed by atoms with Gasteiger partial charge in [-0.2, -0.15) is 0 Å². The minimum atomic E-state index is 0.147. The summed E-state index contributed by atoms with van der Waals surface area (Å²) in [7, 11) is 4.20. The molecule has 0 bridgehead atoms. The molecular formula is C14H30N4. The quantitative estimate of drug-likeness (QED) is 0.673. The molecule has 0 saturated heterocycles. The first kappa shape index (κ1) is 15.3. The van der Waals surface area contributed by atoms with E-state index in [9.17, 15) is 0 Å². The first-order valence-corrected chi connectivity index (χ1v) is 7.22. The van der Waals surface area contributed by atoms with Crippen molar-refractivity contribution in [1.29, 1.82) is 0 Å². The van der Waals surface area contributed by atoms with E-state index in [1.165, 1.54) is 32.1 Å². The third-order valence-electron chi connectivity index (χ3n) is 3.85. The summed E-state index contributed by atoms with van der Waals surface area (Å²) < 4.78 is 0. The molecule has 0 radical (unpaired) electrons. The molecular weight excluding hydrogens is 224 g/mol. The summed E-state index contributed by atoms with van der Waals surface area (Å²) in [5.41, 5.74) is 6.18. The molecule has 1 aliphatic rings. The molecule has 1 unspecified atom stereocenters. The van der Waals surface area contributed by atoms with E-state index in [0.29, 0.717) is 0 Å². The zero-order valence-electron chi connectivity index (χ0n) is 12.6. The van der Waals surface area contributed by atoms with Gasteiger partial charge in [0.25, 0.3) is 0 Å². The lowest BCUT2D eigenvalue weighted by molar-refractivity contribution is 0.187. The Balaban J connectivity index is 2.46. The summed E-state index contributed by atoms with van der Waals surface area (Å²) in [6.45, 7) is 7.42. The molecule has 0 fully saturated rings. The Kier molecular flexibility index (Phi) is 5.93. The van der Waals surface area contributed by atoms with E-state index in [2.05, 4.69) is 42.7 Å². The van der Waals surface area contributed by atoms with E-state index in [0.717, 1.165) is 25.6 Å². The van der Waals surface area contributed by atoms with Gasteiger partial charge in [-0.05, 0) is 27.4 Å². The average molecular weight is 254 g/mol. The van der Waals surface area contributed by atoms with Crippen molar-refractivity contribution in [3.8, 4) is 0 Å². The molecule has 0 saturated carbocycles. The fourth-order valence-corrected chi connectivity index (χ4v) is 2.53. The van der Waals surface area contributed by atoms with Crippen LogP contribution < -0.4 is 5.73 Å². The number of hydrogen-bond donors (Lipinski definition) is 1. The molecule has 106 valence electrons. The van der Waals surface area contributed by atoms with Crippen LogP contribution in [0.1, 0.15) is 46.0 Å². The van der Waals surface area contributed by atoms with E-state index in [-0.39, 0.29) is 5.54 Å². The van der Waals surface area contributed by atoms with Crippen LogP contribution >= 0.6 is 0 Å². The molecule has 0 aromatic heterocycles. The van der Waals surface area contributed by atoms with Crippen LogP contribution in [0.4, 0.5) is 0 Å². The summed E-state index contributed by atoms with van der Waals surface area (Å²) in [4.78, 5) is 8.95. The highest BCUT2D eigenvalue weighted by Crippen LogP contribution is 2.27. The Hall–Kier alpha value is -0.770. The molecule has 0 aromatic rings. The second-order valence-electron chi connectivity index (χ2n) is 5.94. The van der Waals surface area contributed by atoms with Crippen LogP contribution in [-0.2, 0) is 0 Å². The molecule has 0 aliphatic carbocycles. The summed E-state index contributed by atoms with van der Waals surface area (Å²) in [6.07, 6.45) is 6.44. The lowest BCUT2D eigenvalue weighted by atomic mass is 9.93. The molecule has 0 amide bonds. The SMILES string of the molecule is CCCCCCC1(C)CN=C(N)N1CCN(C)C. The van der Waals surface area contributed by atoms with Crippen molar-refractivity contribution in [2.45, 2.75) is 51.5 Å². The number of unbranched alkanes of at least 4 members (excludes halogenated alkanes) is 3. The maximum atomic E-state index is 6.03. The molecule has 2 N–H and O–H groups in total. The number of aliphatic imine (C=N–C) groups is 1. The van der Waals surface area contributed by atoms with Crippen LogP contribution in [0.25, 0.3) is 0 Å². The largest absolute Gasteiger partial charge is 0.370 e. The summed E-state index contributed by atoms with van der Waals surface area (Å²) in [5.74, 6) is 0.731. The molecule has 1 heterocycles. The minimum Gasteiger partial charge on any atom is -0.370 e. The Morgan fingerprint density at radius 3 is 2.67 bits per heavy atom. The third-order valence-corrected chi connectivity index (χ3v) is 3.85. The molecule has 18 heavy (non-hydrogen) atoms. The number of hydrogen-bond acceptors (Lipinski definition) is 4. The number of rotatable bonds is 8. The summed E-state index contributed by atoms with van der Waals surface area (Å²) in [5, 5.41) is 0. The summed E-state index contributed by atoms with van der Waals surface area (Å²) in [6, 6.07) is 0. The normalized spacial score (nSPS) is 23.8. The van der Waals surface area contributed by atoms with Gasteiger partial charge in [0, 0.05) is 13.1 Å². The Morgan fingerprint density at radius 1 is 1.33 bits per heavy atom. The van der Waals surface area contributed by atoms with E-state index in [1.54, 1.807) is 0 Å². The van der Waals surface area contributed by atoms with Gasteiger partial charge in [0.1, 0.15) is 0 Å². The molecule has 1 aliphatic heterocycles. The minimum absolute atomic E-state index is 0.147. The van der Waals surface area contributed by atoms with Gasteiger partial charge in [-0.1, -0.05) is 32.6 Å². The Morgan fingerprint density at radius 2 is 2.06 bits per heavy atom. The molecule has 0 aromatic carbocycles. The van der Waals surface area contributed by atoms with Crippen molar-refractivity contribution in [2.75, 3.05) is 33.7 Å². The topological polar surface area (TPSA) is 44.9 Å². The lowest BCUT2D eigenvalue weighted by Crippen LogP contribution is -2.51. The van der Waals surface area contributed by atoms with Gasteiger partial charge in [-0.3, -0.25) is 4.99 Å². The van der Waals surface area contributed by atoms with Crippen LogP contribution in [0, 0.1) is 0 Å².